The van der Waals surface area contributed by atoms with Crippen molar-refractivity contribution in [3.8, 4) is 0 Å². The Morgan fingerprint density at radius 1 is 0.315 bits per heavy atom. The van der Waals surface area contributed by atoms with E-state index in [-0.39, 0.29) is 48.7 Å². The van der Waals surface area contributed by atoms with Gasteiger partial charge >= 0.3 is 23.9 Å². The normalized spacial score (nSPS) is 10.7. The first-order valence-corrected chi connectivity index (χ1v) is 18.5. The van der Waals surface area contributed by atoms with Crippen molar-refractivity contribution in [2.24, 2.45) is 0 Å². The lowest BCUT2D eigenvalue weighted by molar-refractivity contribution is 0.0437. The van der Waals surface area contributed by atoms with Gasteiger partial charge in [-0.25, -0.2) is 19.2 Å². The number of hydrogen-bond acceptors (Lipinski definition) is 8. The number of hydrogen-bond donors (Lipinski definition) is 0. The first kappa shape index (κ1) is 39.2. The number of ether oxygens (including phenoxy) is 4. The van der Waals surface area contributed by atoms with E-state index in [1.54, 1.807) is 0 Å². The highest BCUT2D eigenvalue weighted by Gasteiger charge is 2.29. The molecule has 0 saturated heterocycles. The van der Waals surface area contributed by atoms with E-state index in [1.165, 1.54) is 12.1 Å². The predicted octanol–water partition coefficient (Wildman–Crippen LogP) is 8.85. The molecule has 5 aromatic rings. The van der Waals surface area contributed by atoms with Crippen molar-refractivity contribution in [1.29, 1.82) is 0 Å². The van der Waals surface area contributed by atoms with E-state index >= 15 is 0 Å². The highest BCUT2D eigenvalue weighted by molar-refractivity contribution is 6.10. The fourth-order valence-electron chi connectivity index (χ4n) is 5.93. The van der Waals surface area contributed by atoms with E-state index < -0.39 is 23.9 Å². The smallest absolute Gasteiger partial charge is 0.339 e. The molecule has 8 heteroatoms. The molecule has 0 N–H and O–H groups in total. The lowest BCUT2D eigenvalue weighted by Gasteiger charge is -2.15. The molecule has 5 aromatic carbocycles. The molecule has 0 amide bonds. The van der Waals surface area contributed by atoms with Crippen LogP contribution in [0.3, 0.4) is 0 Å². The number of esters is 4. The van der Waals surface area contributed by atoms with Crippen LogP contribution in [0, 0.1) is 0 Å². The standard InChI is InChI=1S/C46H46O8/c47-43(51-29-13-25-35-17-5-1-6-18-35)39-33-41(45(49)53-31-15-27-37-21-9-3-10-22-37)42(46(50)54-32-16-28-38-23-11-4-12-24-38)34-40(39)44(48)52-30-14-26-36-19-7-2-8-20-36/h1-12,17-24,33-34H,13-16,25-32H2. The first-order chi connectivity index (χ1) is 26.5. The van der Waals surface area contributed by atoms with Crippen molar-refractivity contribution >= 4 is 23.9 Å². The molecule has 0 unspecified atom stereocenters. The number of rotatable bonds is 20. The quantitative estimate of drug-likeness (QED) is 0.0445. The van der Waals surface area contributed by atoms with E-state index in [2.05, 4.69) is 0 Å². The lowest BCUT2D eigenvalue weighted by atomic mass is 9.97. The third-order valence-electron chi connectivity index (χ3n) is 8.78. The van der Waals surface area contributed by atoms with Gasteiger partial charge in [0.25, 0.3) is 0 Å². The van der Waals surface area contributed by atoms with Crippen LogP contribution in [-0.2, 0) is 44.6 Å². The Hall–Kier alpha value is -6.02. The highest BCUT2D eigenvalue weighted by atomic mass is 16.5. The highest BCUT2D eigenvalue weighted by Crippen LogP contribution is 2.23. The van der Waals surface area contributed by atoms with Crippen molar-refractivity contribution in [2.45, 2.75) is 51.4 Å². The average Bonchev–Trinajstić information content (AvgIpc) is 3.22. The maximum Gasteiger partial charge on any atom is 0.339 e. The molecule has 0 aliphatic rings. The summed E-state index contributed by atoms with van der Waals surface area (Å²) in [6, 6.07) is 41.6. The molecular formula is C46H46O8. The Morgan fingerprint density at radius 3 is 0.722 bits per heavy atom. The third kappa shape index (κ3) is 12.6. The summed E-state index contributed by atoms with van der Waals surface area (Å²) in [6.07, 6.45) is 4.88. The Kier molecular flexibility index (Phi) is 15.6. The van der Waals surface area contributed by atoms with Crippen molar-refractivity contribution in [1.82, 2.24) is 0 Å². The SMILES string of the molecule is O=C(OCCCc1ccccc1)c1cc(C(=O)OCCCc2ccccc2)c(C(=O)OCCCc2ccccc2)cc1C(=O)OCCCc1ccccc1. The molecule has 0 aliphatic carbocycles. The largest absolute Gasteiger partial charge is 0.462 e. The van der Waals surface area contributed by atoms with Crippen LogP contribution < -0.4 is 0 Å². The van der Waals surface area contributed by atoms with Crippen LogP contribution in [0.25, 0.3) is 0 Å². The van der Waals surface area contributed by atoms with E-state index in [4.69, 9.17) is 18.9 Å². The average molecular weight is 727 g/mol. The van der Waals surface area contributed by atoms with E-state index in [0.717, 1.165) is 22.3 Å². The molecule has 8 nitrogen and oxygen atoms in total. The van der Waals surface area contributed by atoms with Gasteiger partial charge < -0.3 is 18.9 Å². The van der Waals surface area contributed by atoms with Crippen molar-refractivity contribution in [3.05, 3.63) is 178 Å². The number of carbonyl (C=O) groups is 4. The molecule has 0 heterocycles. The summed E-state index contributed by atoms with van der Waals surface area (Å²) in [5.74, 6) is -3.28. The Balaban J connectivity index is 1.35. The zero-order chi connectivity index (χ0) is 37.8. The summed E-state index contributed by atoms with van der Waals surface area (Å²) in [7, 11) is 0. The number of benzene rings is 5. The number of carbonyl (C=O) groups excluding carboxylic acids is 4. The fourth-order valence-corrected chi connectivity index (χ4v) is 5.93. The maximum absolute atomic E-state index is 13.6. The Labute approximate surface area is 317 Å². The van der Waals surface area contributed by atoms with Crippen LogP contribution in [0.2, 0.25) is 0 Å². The summed E-state index contributed by atoms with van der Waals surface area (Å²) in [5.41, 5.74) is 3.60. The van der Waals surface area contributed by atoms with Gasteiger partial charge in [0.1, 0.15) is 0 Å². The van der Waals surface area contributed by atoms with Gasteiger partial charge in [-0.05, 0) is 85.8 Å². The summed E-state index contributed by atoms with van der Waals surface area (Å²) in [6.45, 7) is 0.293. The summed E-state index contributed by atoms with van der Waals surface area (Å²) in [4.78, 5) is 54.5. The molecule has 0 saturated carbocycles. The van der Waals surface area contributed by atoms with Crippen LogP contribution in [-0.4, -0.2) is 50.3 Å². The minimum atomic E-state index is -0.819. The van der Waals surface area contributed by atoms with Crippen LogP contribution in [0.5, 0.6) is 0 Å². The van der Waals surface area contributed by atoms with Crippen molar-refractivity contribution in [3.63, 3.8) is 0 Å². The fraction of sp³-hybridized carbons (Fsp3) is 0.261. The second-order valence-corrected chi connectivity index (χ2v) is 12.8. The molecule has 0 atom stereocenters. The van der Waals surface area contributed by atoms with Crippen LogP contribution >= 0.6 is 0 Å². The molecule has 54 heavy (non-hydrogen) atoms. The second kappa shape index (κ2) is 21.5. The van der Waals surface area contributed by atoms with Gasteiger partial charge in [-0.2, -0.15) is 0 Å². The molecule has 0 bridgehead atoms. The van der Waals surface area contributed by atoms with Gasteiger partial charge in [-0.3, -0.25) is 0 Å². The molecule has 5 rings (SSSR count). The third-order valence-corrected chi connectivity index (χ3v) is 8.78. The summed E-state index contributed by atoms with van der Waals surface area (Å²) < 4.78 is 22.5. The minimum Gasteiger partial charge on any atom is -0.462 e. The molecule has 0 radical (unpaired) electrons. The van der Waals surface area contributed by atoms with Crippen molar-refractivity contribution in [2.75, 3.05) is 26.4 Å². The zero-order valence-corrected chi connectivity index (χ0v) is 30.5. The Morgan fingerprint density at radius 2 is 0.519 bits per heavy atom. The predicted molar refractivity (Wildman–Crippen MR) is 207 cm³/mol. The van der Waals surface area contributed by atoms with Gasteiger partial charge in [0.2, 0.25) is 0 Å². The summed E-state index contributed by atoms with van der Waals surface area (Å²) >= 11 is 0. The van der Waals surface area contributed by atoms with Crippen molar-refractivity contribution < 1.29 is 38.1 Å². The van der Waals surface area contributed by atoms with Gasteiger partial charge in [-0.15, -0.1) is 0 Å². The molecule has 0 spiro atoms. The summed E-state index contributed by atoms with van der Waals surface area (Å²) in [5, 5.41) is 0. The van der Waals surface area contributed by atoms with Crippen LogP contribution in [0.15, 0.2) is 133 Å². The topological polar surface area (TPSA) is 105 Å². The van der Waals surface area contributed by atoms with Gasteiger partial charge in [0.05, 0.1) is 48.7 Å². The zero-order valence-electron chi connectivity index (χ0n) is 30.5. The van der Waals surface area contributed by atoms with Gasteiger partial charge in [0, 0.05) is 0 Å². The maximum atomic E-state index is 13.6. The monoisotopic (exact) mass is 726 g/mol. The Bertz CT molecular complexity index is 1650. The molecular weight excluding hydrogens is 680 g/mol. The van der Waals surface area contributed by atoms with E-state index in [1.807, 2.05) is 121 Å². The van der Waals surface area contributed by atoms with Crippen LogP contribution in [0.1, 0.15) is 89.4 Å². The van der Waals surface area contributed by atoms with Crippen LogP contribution in [0.4, 0.5) is 0 Å². The molecule has 0 aliphatic heterocycles. The second-order valence-electron chi connectivity index (χ2n) is 12.8. The molecule has 278 valence electrons. The first-order valence-electron chi connectivity index (χ1n) is 18.5. The van der Waals surface area contributed by atoms with Gasteiger partial charge in [0.15, 0.2) is 0 Å². The number of aryl methyl sites for hydroxylation is 4. The minimum absolute atomic E-state index is 0.0732. The van der Waals surface area contributed by atoms with E-state index in [0.29, 0.717) is 51.4 Å². The van der Waals surface area contributed by atoms with Gasteiger partial charge in [-0.1, -0.05) is 121 Å². The molecule has 0 aromatic heterocycles. The lowest BCUT2D eigenvalue weighted by Crippen LogP contribution is -2.21. The van der Waals surface area contributed by atoms with E-state index in [9.17, 15) is 19.2 Å². The molecule has 0 fully saturated rings.